The first-order chi connectivity index (χ1) is 6.52. The van der Waals surface area contributed by atoms with Gasteiger partial charge in [0.25, 0.3) is 0 Å². The summed E-state index contributed by atoms with van der Waals surface area (Å²) >= 11 is 0. The number of aliphatic hydroxyl groups excluding tert-OH is 1. The third-order valence-electron chi connectivity index (χ3n) is 2.03. The van der Waals surface area contributed by atoms with Gasteiger partial charge in [0.05, 0.1) is 25.3 Å². The Kier molecular flexibility index (Phi) is 6.23. The van der Waals surface area contributed by atoms with E-state index in [2.05, 4.69) is 5.32 Å². The van der Waals surface area contributed by atoms with Gasteiger partial charge in [0.2, 0.25) is 0 Å². The number of urea groups is 1. The van der Waals surface area contributed by atoms with Crippen LogP contribution in [0.4, 0.5) is 4.79 Å². The first-order valence-electron chi connectivity index (χ1n) is 4.66. The highest BCUT2D eigenvalue weighted by Crippen LogP contribution is 1.95. The maximum absolute atomic E-state index is 11.5. The van der Waals surface area contributed by atoms with Crippen LogP contribution < -0.4 is 5.32 Å². The van der Waals surface area contributed by atoms with Crippen molar-refractivity contribution in [3.63, 3.8) is 0 Å². The molecule has 0 heterocycles. The molecular formula is C9H20N2O3. The number of methoxy groups -OCH3 is 1. The molecule has 14 heavy (non-hydrogen) atoms. The molecule has 0 saturated carbocycles. The number of carbonyl (C=O) groups excluding carboxylic acids is 1. The quantitative estimate of drug-likeness (QED) is 0.665. The highest BCUT2D eigenvalue weighted by Gasteiger charge is 2.16. The van der Waals surface area contributed by atoms with Crippen LogP contribution in [0.2, 0.25) is 0 Å². The summed E-state index contributed by atoms with van der Waals surface area (Å²) in [6.07, 6.45) is 0. The van der Waals surface area contributed by atoms with Crippen molar-refractivity contribution in [3.8, 4) is 0 Å². The number of rotatable bonds is 5. The molecule has 0 fully saturated rings. The molecule has 0 rings (SSSR count). The Hall–Kier alpha value is -0.810. The fourth-order valence-corrected chi connectivity index (χ4v) is 0.927. The largest absolute Gasteiger partial charge is 0.394 e. The van der Waals surface area contributed by atoms with Crippen LogP contribution in [0, 0.1) is 0 Å². The highest BCUT2D eigenvalue weighted by molar-refractivity contribution is 5.74. The minimum absolute atomic E-state index is 0.0270. The van der Waals surface area contributed by atoms with Gasteiger partial charge in [-0.2, -0.15) is 0 Å². The minimum atomic E-state index is -0.198. The Balaban J connectivity index is 3.94. The Bertz CT molecular complexity index is 175. The van der Waals surface area contributed by atoms with Crippen LogP contribution in [0.25, 0.3) is 0 Å². The summed E-state index contributed by atoms with van der Waals surface area (Å²) in [6, 6.07) is -0.401. The van der Waals surface area contributed by atoms with Crippen molar-refractivity contribution in [1.29, 1.82) is 0 Å². The molecular weight excluding hydrogens is 184 g/mol. The van der Waals surface area contributed by atoms with Gasteiger partial charge >= 0.3 is 6.03 Å². The molecule has 5 nitrogen and oxygen atoms in total. The van der Waals surface area contributed by atoms with E-state index < -0.39 is 0 Å². The van der Waals surface area contributed by atoms with Gasteiger partial charge in [-0.1, -0.05) is 0 Å². The van der Waals surface area contributed by atoms with Crippen molar-refractivity contribution >= 4 is 6.03 Å². The van der Waals surface area contributed by atoms with Crippen molar-refractivity contribution in [3.05, 3.63) is 0 Å². The van der Waals surface area contributed by atoms with Crippen LogP contribution >= 0.6 is 0 Å². The lowest BCUT2D eigenvalue weighted by Gasteiger charge is -2.25. The van der Waals surface area contributed by atoms with Crippen molar-refractivity contribution in [1.82, 2.24) is 10.2 Å². The Morgan fingerprint density at radius 2 is 2.14 bits per heavy atom. The second kappa shape index (κ2) is 6.62. The summed E-state index contributed by atoms with van der Waals surface area (Å²) in [4.78, 5) is 12.9. The van der Waals surface area contributed by atoms with Crippen LogP contribution in [-0.2, 0) is 4.74 Å². The molecule has 2 unspecified atom stereocenters. The molecule has 0 aromatic rings. The molecule has 0 bridgehead atoms. The van der Waals surface area contributed by atoms with Gasteiger partial charge in [-0.15, -0.1) is 0 Å². The highest BCUT2D eigenvalue weighted by atomic mass is 16.5. The number of hydrogen-bond donors (Lipinski definition) is 2. The van der Waals surface area contributed by atoms with Crippen LogP contribution in [0.1, 0.15) is 13.8 Å². The number of amides is 2. The molecule has 0 spiro atoms. The van der Waals surface area contributed by atoms with Crippen molar-refractivity contribution in [2.24, 2.45) is 0 Å². The average Bonchev–Trinajstić information content (AvgIpc) is 2.15. The predicted octanol–water partition coefficient (Wildman–Crippen LogP) is 0.0435. The molecule has 2 N–H and O–H groups in total. The van der Waals surface area contributed by atoms with Crippen LogP contribution in [0.5, 0.6) is 0 Å². The number of likely N-dealkylation sites (N-methyl/N-ethyl adjacent to an activating group) is 1. The topological polar surface area (TPSA) is 61.8 Å². The molecule has 2 amide bonds. The third kappa shape index (κ3) is 4.43. The van der Waals surface area contributed by atoms with Crippen LogP contribution in [0.15, 0.2) is 0 Å². The summed E-state index contributed by atoms with van der Waals surface area (Å²) in [5, 5.41) is 11.6. The molecule has 0 radical (unpaired) electrons. The fourth-order valence-electron chi connectivity index (χ4n) is 0.927. The average molecular weight is 204 g/mol. The van der Waals surface area contributed by atoms with E-state index >= 15 is 0 Å². The Morgan fingerprint density at radius 1 is 1.57 bits per heavy atom. The first-order valence-corrected chi connectivity index (χ1v) is 4.66. The summed E-state index contributed by atoms with van der Waals surface area (Å²) in [7, 11) is 3.23. The van der Waals surface area contributed by atoms with Crippen molar-refractivity contribution < 1.29 is 14.6 Å². The molecule has 0 aliphatic carbocycles. The van der Waals surface area contributed by atoms with Gasteiger partial charge in [0, 0.05) is 14.2 Å². The van der Waals surface area contributed by atoms with Crippen molar-refractivity contribution in [2.45, 2.75) is 25.9 Å². The number of carbonyl (C=O) groups is 1. The molecule has 84 valence electrons. The zero-order valence-electron chi connectivity index (χ0n) is 9.28. The number of hydrogen-bond acceptors (Lipinski definition) is 3. The Labute approximate surface area is 85.0 Å². The van der Waals surface area contributed by atoms with E-state index in [0.717, 1.165) is 0 Å². The summed E-state index contributed by atoms with van der Waals surface area (Å²) in [5.74, 6) is 0. The number of ether oxygens (including phenoxy) is 1. The number of aliphatic hydroxyl groups is 1. The van der Waals surface area contributed by atoms with E-state index in [0.29, 0.717) is 6.61 Å². The van der Waals surface area contributed by atoms with Gasteiger partial charge in [0.1, 0.15) is 0 Å². The zero-order chi connectivity index (χ0) is 11.1. The molecule has 0 aromatic heterocycles. The van der Waals surface area contributed by atoms with Gasteiger partial charge in [0.15, 0.2) is 0 Å². The molecule has 5 heteroatoms. The smallest absolute Gasteiger partial charge is 0.317 e. The Morgan fingerprint density at radius 3 is 2.57 bits per heavy atom. The van der Waals surface area contributed by atoms with Crippen LogP contribution in [-0.4, -0.2) is 55.5 Å². The maximum Gasteiger partial charge on any atom is 0.317 e. The van der Waals surface area contributed by atoms with Gasteiger partial charge < -0.3 is 20.1 Å². The lowest BCUT2D eigenvalue weighted by Crippen LogP contribution is -2.47. The predicted molar refractivity (Wildman–Crippen MR) is 54.2 cm³/mol. The summed E-state index contributed by atoms with van der Waals surface area (Å²) < 4.78 is 4.89. The second-order valence-corrected chi connectivity index (χ2v) is 3.45. The first kappa shape index (κ1) is 13.2. The molecule has 0 aromatic carbocycles. The molecule has 0 aliphatic rings. The van der Waals surface area contributed by atoms with E-state index in [1.807, 2.05) is 6.92 Å². The lowest BCUT2D eigenvalue weighted by molar-refractivity contribution is 0.142. The summed E-state index contributed by atoms with van der Waals surface area (Å²) in [6.45, 7) is 4.08. The van der Waals surface area contributed by atoms with Gasteiger partial charge in [-0.05, 0) is 13.8 Å². The van der Waals surface area contributed by atoms with E-state index in [1.54, 1.807) is 21.1 Å². The lowest BCUT2D eigenvalue weighted by atomic mass is 10.3. The SMILES string of the molecule is COCC(C)NC(=O)N(C)C(C)CO. The van der Waals surface area contributed by atoms with Gasteiger partial charge in [-0.3, -0.25) is 0 Å². The standard InChI is InChI=1S/C9H20N2O3/c1-7(6-14-4)10-9(13)11(3)8(2)5-12/h7-8,12H,5-6H2,1-4H3,(H,10,13). The second-order valence-electron chi connectivity index (χ2n) is 3.45. The van der Waals surface area contributed by atoms with Crippen molar-refractivity contribution in [2.75, 3.05) is 27.4 Å². The maximum atomic E-state index is 11.5. The molecule has 0 aliphatic heterocycles. The molecule has 2 atom stereocenters. The van der Waals surface area contributed by atoms with E-state index in [1.165, 1.54) is 4.90 Å². The normalized spacial score (nSPS) is 14.6. The third-order valence-corrected chi connectivity index (χ3v) is 2.03. The van der Waals surface area contributed by atoms with Gasteiger partial charge in [-0.25, -0.2) is 4.79 Å². The van der Waals surface area contributed by atoms with E-state index in [-0.39, 0.29) is 24.7 Å². The molecule has 0 saturated heterocycles. The van der Waals surface area contributed by atoms with E-state index in [4.69, 9.17) is 9.84 Å². The zero-order valence-corrected chi connectivity index (χ0v) is 9.28. The number of nitrogens with one attached hydrogen (secondary N) is 1. The minimum Gasteiger partial charge on any atom is -0.394 e. The fraction of sp³-hybridized carbons (Fsp3) is 0.889. The number of nitrogens with zero attached hydrogens (tertiary/aromatic N) is 1. The summed E-state index contributed by atoms with van der Waals surface area (Å²) in [5.41, 5.74) is 0. The monoisotopic (exact) mass is 204 g/mol. The van der Waals surface area contributed by atoms with E-state index in [9.17, 15) is 4.79 Å². The van der Waals surface area contributed by atoms with Crippen LogP contribution in [0.3, 0.4) is 0 Å².